The molecule has 1 aliphatic heterocycles. The number of aliphatic imine (C=N–C) groups is 1. The van der Waals surface area contributed by atoms with Crippen molar-refractivity contribution in [2.45, 2.75) is 19.3 Å². The maximum absolute atomic E-state index is 13.1. The Bertz CT molecular complexity index is 1110. The van der Waals surface area contributed by atoms with Crippen molar-refractivity contribution in [2.75, 3.05) is 18.0 Å². The number of para-hydroxylation sites is 2. The van der Waals surface area contributed by atoms with Gasteiger partial charge in [-0.2, -0.15) is 0 Å². The molecule has 0 saturated carbocycles. The lowest BCUT2D eigenvalue weighted by Gasteiger charge is -2.21. The third-order valence-corrected chi connectivity index (χ3v) is 6.69. The predicted molar refractivity (Wildman–Crippen MR) is 129 cm³/mol. The van der Waals surface area contributed by atoms with Gasteiger partial charge in [0.1, 0.15) is 6.54 Å². The van der Waals surface area contributed by atoms with E-state index in [0.717, 1.165) is 27.2 Å². The van der Waals surface area contributed by atoms with E-state index in [1.165, 1.54) is 5.56 Å². The van der Waals surface area contributed by atoms with Crippen LogP contribution in [0.15, 0.2) is 75.5 Å². The highest BCUT2D eigenvalue weighted by Gasteiger charge is 2.27. The van der Waals surface area contributed by atoms with E-state index < -0.39 is 0 Å². The Kier molecular flexibility index (Phi) is 6.94. The number of carbonyl (C=O) groups is 2. The number of carbonyl (C=O) groups excluding carboxylic acids is 2. The number of thiophene rings is 1. The summed E-state index contributed by atoms with van der Waals surface area (Å²) < 4.78 is 0.988. The van der Waals surface area contributed by atoms with E-state index in [-0.39, 0.29) is 24.8 Å². The fourth-order valence-corrected chi connectivity index (χ4v) is 4.87. The summed E-state index contributed by atoms with van der Waals surface area (Å²) in [7, 11) is 0. The largest absolute Gasteiger partial charge is 0.355 e. The number of benzene rings is 2. The Morgan fingerprint density at radius 3 is 2.61 bits per heavy atom. The van der Waals surface area contributed by atoms with Gasteiger partial charge >= 0.3 is 0 Å². The molecule has 0 aliphatic carbocycles. The van der Waals surface area contributed by atoms with Crippen LogP contribution in [-0.4, -0.2) is 30.6 Å². The molecule has 4 rings (SSSR count). The first kappa shape index (κ1) is 21.5. The molecule has 0 saturated heterocycles. The van der Waals surface area contributed by atoms with Gasteiger partial charge < -0.3 is 10.2 Å². The molecule has 0 atom stereocenters. The van der Waals surface area contributed by atoms with Crippen LogP contribution in [0.2, 0.25) is 0 Å². The van der Waals surface area contributed by atoms with Gasteiger partial charge in [0.15, 0.2) is 0 Å². The molecule has 1 N–H and O–H groups in total. The van der Waals surface area contributed by atoms with E-state index in [2.05, 4.69) is 33.4 Å². The molecular formula is C24H22BrN3O2S. The molecule has 0 unspecified atom stereocenters. The van der Waals surface area contributed by atoms with E-state index in [1.54, 1.807) is 16.2 Å². The standard InChI is InChI=1S/C24H22BrN3O2S/c25-22-13-12-21(31-22)19-15-24(30)28(20-11-5-4-10-18(20)27-19)16-23(29)26-14-6-9-17-7-2-1-3-8-17/h1-5,7-8,10-13H,6,9,14-16H2,(H,26,29). The molecule has 5 nitrogen and oxygen atoms in total. The highest BCUT2D eigenvalue weighted by Crippen LogP contribution is 2.34. The number of hydrogen-bond acceptors (Lipinski definition) is 4. The number of rotatable bonds is 7. The summed E-state index contributed by atoms with van der Waals surface area (Å²) in [6.45, 7) is 0.556. The van der Waals surface area contributed by atoms with Crippen LogP contribution >= 0.6 is 27.3 Å². The Hall–Kier alpha value is -2.77. The maximum Gasteiger partial charge on any atom is 0.240 e. The second-order valence-electron chi connectivity index (χ2n) is 7.25. The molecule has 3 aromatic rings. The number of fused-ring (bicyclic) bond motifs is 1. The Morgan fingerprint density at radius 1 is 1.06 bits per heavy atom. The lowest BCUT2D eigenvalue weighted by Crippen LogP contribution is -2.41. The first-order valence-electron chi connectivity index (χ1n) is 10.1. The van der Waals surface area contributed by atoms with Crippen molar-refractivity contribution >= 4 is 56.2 Å². The summed E-state index contributed by atoms with van der Waals surface area (Å²) in [5, 5.41) is 2.94. The first-order valence-corrected chi connectivity index (χ1v) is 11.7. The van der Waals surface area contributed by atoms with Gasteiger partial charge in [0.25, 0.3) is 0 Å². The van der Waals surface area contributed by atoms with Crippen molar-refractivity contribution in [2.24, 2.45) is 4.99 Å². The average Bonchev–Trinajstić information content (AvgIpc) is 3.16. The number of halogens is 1. The molecule has 7 heteroatoms. The van der Waals surface area contributed by atoms with Crippen LogP contribution in [0.1, 0.15) is 23.3 Å². The average molecular weight is 496 g/mol. The minimum absolute atomic E-state index is 0.0158. The van der Waals surface area contributed by atoms with E-state index in [1.807, 2.05) is 54.6 Å². The Balaban J connectivity index is 1.42. The Morgan fingerprint density at radius 2 is 1.84 bits per heavy atom. The van der Waals surface area contributed by atoms with E-state index in [9.17, 15) is 9.59 Å². The molecule has 1 aromatic heterocycles. The highest BCUT2D eigenvalue weighted by molar-refractivity contribution is 9.11. The smallest absolute Gasteiger partial charge is 0.240 e. The van der Waals surface area contributed by atoms with Gasteiger partial charge in [-0.05, 0) is 58.6 Å². The van der Waals surface area contributed by atoms with Crippen molar-refractivity contribution in [3.63, 3.8) is 0 Å². The van der Waals surface area contributed by atoms with Crippen molar-refractivity contribution < 1.29 is 9.59 Å². The molecule has 0 fully saturated rings. The molecule has 158 valence electrons. The van der Waals surface area contributed by atoms with E-state index >= 15 is 0 Å². The van der Waals surface area contributed by atoms with Crippen LogP contribution in [0, 0.1) is 0 Å². The third kappa shape index (κ3) is 5.48. The van der Waals surface area contributed by atoms with Gasteiger partial charge in [-0.1, -0.05) is 42.5 Å². The molecular weight excluding hydrogens is 474 g/mol. The number of amides is 2. The van der Waals surface area contributed by atoms with Gasteiger partial charge in [0.05, 0.1) is 32.2 Å². The van der Waals surface area contributed by atoms with Crippen LogP contribution in [0.25, 0.3) is 0 Å². The number of nitrogens with zero attached hydrogens (tertiary/aromatic N) is 2. The van der Waals surface area contributed by atoms with E-state index in [0.29, 0.717) is 17.9 Å². The maximum atomic E-state index is 13.1. The molecule has 2 heterocycles. The van der Waals surface area contributed by atoms with Gasteiger partial charge in [-0.3, -0.25) is 9.59 Å². The lowest BCUT2D eigenvalue weighted by atomic mass is 10.1. The van der Waals surface area contributed by atoms with Crippen molar-refractivity contribution in [1.29, 1.82) is 0 Å². The molecule has 2 amide bonds. The van der Waals surface area contributed by atoms with E-state index in [4.69, 9.17) is 4.99 Å². The zero-order valence-corrected chi connectivity index (χ0v) is 19.3. The summed E-state index contributed by atoms with van der Waals surface area (Å²) in [4.78, 5) is 32.9. The monoisotopic (exact) mass is 495 g/mol. The normalized spacial score (nSPS) is 13.4. The Labute approximate surface area is 193 Å². The van der Waals surface area contributed by atoms with Gasteiger partial charge in [0.2, 0.25) is 11.8 Å². The highest BCUT2D eigenvalue weighted by atomic mass is 79.9. The zero-order chi connectivity index (χ0) is 21.6. The fraction of sp³-hybridized carbons (Fsp3) is 0.208. The lowest BCUT2D eigenvalue weighted by molar-refractivity contribution is -0.123. The zero-order valence-electron chi connectivity index (χ0n) is 16.9. The van der Waals surface area contributed by atoms with Gasteiger partial charge in [0, 0.05) is 6.54 Å². The number of anilines is 1. The minimum atomic E-state index is -0.168. The second kappa shape index (κ2) is 10.0. The van der Waals surface area contributed by atoms with Gasteiger partial charge in [-0.15, -0.1) is 11.3 Å². The molecule has 2 aromatic carbocycles. The molecule has 1 aliphatic rings. The second-order valence-corrected chi connectivity index (χ2v) is 9.71. The van der Waals surface area contributed by atoms with Crippen molar-refractivity contribution in [3.8, 4) is 0 Å². The summed E-state index contributed by atoms with van der Waals surface area (Å²) in [5.41, 5.74) is 3.33. The topological polar surface area (TPSA) is 61.8 Å². The minimum Gasteiger partial charge on any atom is -0.355 e. The number of nitrogens with one attached hydrogen (secondary N) is 1. The van der Waals surface area contributed by atoms with Crippen molar-refractivity contribution in [1.82, 2.24) is 5.32 Å². The quantitative estimate of drug-likeness (QED) is 0.462. The van der Waals surface area contributed by atoms with Crippen LogP contribution in [-0.2, 0) is 16.0 Å². The SMILES string of the molecule is O=C(CN1C(=O)CC(c2ccc(Br)s2)=Nc2ccccc21)NCCCc1ccccc1. The molecule has 0 radical (unpaired) electrons. The van der Waals surface area contributed by atoms with Crippen LogP contribution in [0.3, 0.4) is 0 Å². The summed E-state index contributed by atoms with van der Waals surface area (Å²) >= 11 is 5.01. The van der Waals surface area contributed by atoms with Gasteiger partial charge in [-0.25, -0.2) is 4.99 Å². The number of hydrogen-bond donors (Lipinski definition) is 1. The molecule has 31 heavy (non-hydrogen) atoms. The van der Waals surface area contributed by atoms with Crippen LogP contribution in [0.4, 0.5) is 11.4 Å². The third-order valence-electron chi connectivity index (χ3n) is 5.01. The molecule has 0 bridgehead atoms. The molecule has 0 spiro atoms. The first-order chi connectivity index (χ1) is 15.1. The van der Waals surface area contributed by atoms with Crippen LogP contribution in [0.5, 0.6) is 0 Å². The fourth-order valence-electron chi connectivity index (χ4n) is 3.49. The number of aryl methyl sites for hydroxylation is 1. The predicted octanol–water partition coefficient (Wildman–Crippen LogP) is 5.12. The van der Waals surface area contributed by atoms with Crippen LogP contribution < -0.4 is 10.2 Å². The summed E-state index contributed by atoms with van der Waals surface area (Å²) in [6.07, 6.45) is 1.91. The summed E-state index contributed by atoms with van der Waals surface area (Å²) in [5.74, 6) is -0.300. The van der Waals surface area contributed by atoms with Crippen molar-refractivity contribution in [3.05, 3.63) is 81.0 Å². The summed E-state index contributed by atoms with van der Waals surface area (Å²) in [6, 6.07) is 21.6.